The third-order valence-corrected chi connectivity index (χ3v) is 3.32. The molecule has 2 rings (SSSR count). The van der Waals surface area contributed by atoms with Gasteiger partial charge in [0.25, 0.3) is 0 Å². The van der Waals surface area contributed by atoms with Crippen molar-refractivity contribution in [3.8, 4) is 0 Å². The Balaban J connectivity index is 1.89. The Hall–Kier alpha value is -1.52. The Bertz CT molecular complexity index is 437. The van der Waals surface area contributed by atoms with Crippen LogP contribution in [0, 0.1) is 0 Å². The summed E-state index contributed by atoms with van der Waals surface area (Å²) in [5.74, 6) is 0. The zero-order chi connectivity index (χ0) is 13.5. The first-order valence-corrected chi connectivity index (χ1v) is 6.84. The van der Waals surface area contributed by atoms with E-state index in [4.69, 9.17) is 14.6 Å². The Morgan fingerprint density at radius 3 is 2.37 bits per heavy atom. The summed E-state index contributed by atoms with van der Waals surface area (Å²) in [7, 11) is 0. The van der Waals surface area contributed by atoms with Gasteiger partial charge < -0.3 is 19.9 Å². The van der Waals surface area contributed by atoms with Gasteiger partial charge in [0.15, 0.2) is 0 Å². The number of nitrogens with one attached hydrogen (secondary N) is 1. The molecule has 2 heterocycles. The van der Waals surface area contributed by atoms with Gasteiger partial charge in [-0.2, -0.15) is 0 Å². The van der Waals surface area contributed by atoms with Crippen molar-refractivity contribution in [2.75, 3.05) is 6.54 Å². The fraction of sp³-hybridized carbons (Fsp3) is 0.467. The van der Waals surface area contributed by atoms with Gasteiger partial charge in [-0.25, -0.2) is 0 Å². The zero-order valence-corrected chi connectivity index (χ0v) is 11.3. The molecule has 0 aliphatic rings. The maximum absolute atomic E-state index is 6.16. The lowest BCUT2D eigenvalue weighted by atomic mass is 9.99. The van der Waals surface area contributed by atoms with Gasteiger partial charge in [0.05, 0.1) is 25.1 Å². The highest BCUT2D eigenvalue weighted by atomic mass is 16.3. The second-order valence-corrected chi connectivity index (χ2v) is 4.80. The molecule has 2 atom stereocenters. The molecule has 4 heteroatoms. The van der Waals surface area contributed by atoms with E-state index in [2.05, 4.69) is 12.2 Å². The summed E-state index contributed by atoms with van der Waals surface area (Å²) >= 11 is 0. The molecule has 0 radical (unpaired) electrons. The third-order valence-electron chi connectivity index (χ3n) is 3.32. The van der Waals surface area contributed by atoms with Crippen molar-refractivity contribution < 1.29 is 8.83 Å². The van der Waals surface area contributed by atoms with Crippen LogP contribution in [0.1, 0.15) is 49.4 Å². The van der Waals surface area contributed by atoms with E-state index in [1.54, 1.807) is 25.1 Å². The second kappa shape index (κ2) is 7.16. The molecule has 19 heavy (non-hydrogen) atoms. The van der Waals surface area contributed by atoms with Crippen molar-refractivity contribution in [1.82, 2.24) is 5.32 Å². The summed E-state index contributed by atoms with van der Waals surface area (Å²) in [6.45, 7) is 3.16. The molecule has 0 spiro atoms. The first-order chi connectivity index (χ1) is 9.31. The molecular weight excluding hydrogens is 240 g/mol. The Kier molecular flexibility index (Phi) is 5.24. The van der Waals surface area contributed by atoms with E-state index in [1.165, 1.54) is 5.56 Å². The van der Waals surface area contributed by atoms with Gasteiger partial charge in [-0.05, 0) is 37.9 Å². The highest BCUT2D eigenvalue weighted by Crippen LogP contribution is 2.24. The predicted molar refractivity (Wildman–Crippen MR) is 74.6 cm³/mol. The topological polar surface area (TPSA) is 64.3 Å². The van der Waals surface area contributed by atoms with Gasteiger partial charge in [0.2, 0.25) is 0 Å². The van der Waals surface area contributed by atoms with E-state index in [9.17, 15) is 0 Å². The van der Waals surface area contributed by atoms with Crippen LogP contribution in [0.3, 0.4) is 0 Å². The first-order valence-electron chi connectivity index (χ1n) is 6.84. The van der Waals surface area contributed by atoms with Crippen LogP contribution in [0.4, 0.5) is 0 Å². The standard InChI is InChI=1S/C15H22N2O2/c1-2-7-17-15(13-6-9-19-11-13)4-3-14(16)12-5-8-18-10-12/h5-6,8-11,14-15,17H,2-4,7,16H2,1H3. The SMILES string of the molecule is CCCNC(CCC(N)c1ccoc1)c1ccoc1. The molecule has 0 saturated carbocycles. The van der Waals surface area contributed by atoms with Crippen LogP contribution >= 0.6 is 0 Å². The van der Waals surface area contributed by atoms with Gasteiger partial charge in [-0.3, -0.25) is 0 Å². The number of furan rings is 2. The zero-order valence-electron chi connectivity index (χ0n) is 11.3. The quantitative estimate of drug-likeness (QED) is 0.765. The summed E-state index contributed by atoms with van der Waals surface area (Å²) in [5, 5.41) is 3.53. The van der Waals surface area contributed by atoms with E-state index in [0.29, 0.717) is 6.04 Å². The summed E-state index contributed by atoms with van der Waals surface area (Å²) in [6.07, 6.45) is 9.90. The average Bonchev–Trinajstić information content (AvgIpc) is 3.11. The maximum Gasteiger partial charge on any atom is 0.0950 e. The third kappa shape index (κ3) is 3.98. The minimum absolute atomic E-state index is 0.0246. The van der Waals surface area contributed by atoms with Crippen LogP contribution in [0.2, 0.25) is 0 Å². The van der Waals surface area contributed by atoms with Crippen LogP contribution in [-0.2, 0) is 0 Å². The van der Waals surface area contributed by atoms with Crippen LogP contribution in [0.5, 0.6) is 0 Å². The van der Waals surface area contributed by atoms with Crippen molar-refractivity contribution in [1.29, 1.82) is 0 Å². The van der Waals surface area contributed by atoms with Crippen molar-refractivity contribution in [3.05, 3.63) is 48.3 Å². The van der Waals surface area contributed by atoms with E-state index < -0.39 is 0 Å². The lowest BCUT2D eigenvalue weighted by molar-refractivity contribution is 0.452. The fourth-order valence-electron chi connectivity index (χ4n) is 2.18. The van der Waals surface area contributed by atoms with Gasteiger partial charge in [0.1, 0.15) is 0 Å². The minimum Gasteiger partial charge on any atom is -0.472 e. The van der Waals surface area contributed by atoms with Crippen LogP contribution in [0.15, 0.2) is 46.0 Å². The molecule has 2 aromatic heterocycles. The van der Waals surface area contributed by atoms with Crippen molar-refractivity contribution in [2.45, 2.75) is 38.3 Å². The summed E-state index contributed by atoms with van der Waals surface area (Å²) in [5.41, 5.74) is 8.40. The fourth-order valence-corrected chi connectivity index (χ4v) is 2.18. The van der Waals surface area contributed by atoms with Crippen molar-refractivity contribution in [2.24, 2.45) is 5.73 Å². The monoisotopic (exact) mass is 262 g/mol. The Labute approximate surface area is 114 Å². The molecule has 2 unspecified atom stereocenters. The summed E-state index contributed by atoms with van der Waals surface area (Å²) in [4.78, 5) is 0. The Morgan fingerprint density at radius 1 is 1.11 bits per heavy atom. The van der Waals surface area contributed by atoms with E-state index >= 15 is 0 Å². The van der Waals surface area contributed by atoms with Crippen molar-refractivity contribution >= 4 is 0 Å². The number of nitrogens with two attached hydrogens (primary N) is 1. The molecular formula is C15H22N2O2. The molecule has 0 bridgehead atoms. The van der Waals surface area contributed by atoms with Gasteiger partial charge >= 0.3 is 0 Å². The minimum atomic E-state index is 0.0246. The van der Waals surface area contributed by atoms with Gasteiger partial charge in [-0.1, -0.05) is 6.92 Å². The molecule has 3 N–H and O–H groups in total. The lowest BCUT2D eigenvalue weighted by Crippen LogP contribution is -2.23. The molecule has 0 amide bonds. The predicted octanol–water partition coefficient (Wildman–Crippen LogP) is 3.39. The summed E-state index contributed by atoms with van der Waals surface area (Å²) < 4.78 is 10.2. The van der Waals surface area contributed by atoms with Gasteiger partial charge in [-0.15, -0.1) is 0 Å². The highest BCUT2D eigenvalue weighted by molar-refractivity contribution is 5.13. The van der Waals surface area contributed by atoms with Gasteiger partial charge in [0, 0.05) is 23.2 Å². The first kappa shape index (κ1) is 13.9. The molecule has 0 aliphatic carbocycles. The van der Waals surface area contributed by atoms with E-state index in [-0.39, 0.29) is 6.04 Å². The van der Waals surface area contributed by atoms with E-state index in [1.807, 2.05) is 12.1 Å². The molecule has 4 nitrogen and oxygen atoms in total. The molecule has 104 valence electrons. The molecule has 2 aromatic rings. The molecule has 0 saturated heterocycles. The smallest absolute Gasteiger partial charge is 0.0950 e. The van der Waals surface area contributed by atoms with E-state index in [0.717, 1.165) is 31.4 Å². The number of rotatable bonds is 8. The molecule has 0 aromatic carbocycles. The average molecular weight is 262 g/mol. The van der Waals surface area contributed by atoms with Crippen LogP contribution < -0.4 is 11.1 Å². The largest absolute Gasteiger partial charge is 0.472 e. The summed E-state index contributed by atoms with van der Waals surface area (Å²) in [6, 6.07) is 4.27. The van der Waals surface area contributed by atoms with Crippen molar-refractivity contribution in [3.63, 3.8) is 0 Å². The van der Waals surface area contributed by atoms with Crippen LogP contribution in [-0.4, -0.2) is 6.54 Å². The molecule has 0 fully saturated rings. The van der Waals surface area contributed by atoms with Crippen LogP contribution in [0.25, 0.3) is 0 Å². The second-order valence-electron chi connectivity index (χ2n) is 4.80. The lowest BCUT2D eigenvalue weighted by Gasteiger charge is -2.19. The normalized spacial score (nSPS) is 14.4. The Morgan fingerprint density at radius 2 is 1.79 bits per heavy atom. The number of hydrogen-bond acceptors (Lipinski definition) is 4. The molecule has 0 aliphatic heterocycles. The highest BCUT2D eigenvalue weighted by Gasteiger charge is 2.15. The number of hydrogen-bond donors (Lipinski definition) is 2. The maximum atomic E-state index is 6.16.